The Hall–Kier alpha value is -2.18. The smallest absolute Gasteiger partial charge is 0.247 e. The third-order valence-electron chi connectivity index (χ3n) is 3.29. The molecular formula is C16H18N2O3S. The van der Waals surface area contributed by atoms with Gasteiger partial charge >= 0.3 is 0 Å². The monoisotopic (exact) mass is 318 g/mol. The molecule has 116 valence electrons. The van der Waals surface area contributed by atoms with Crippen molar-refractivity contribution in [1.82, 2.24) is 4.31 Å². The second-order valence-electron chi connectivity index (χ2n) is 4.95. The van der Waals surface area contributed by atoms with Crippen molar-refractivity contribution in [2.24, 2.45) is 0 Å². The molecule has 2 aromatic rings. The Bertz CT molecular complexity index is 731. The lowest BCUT2D eigenvalue weighted by Gasteiger charge is -2.25. The molecule has 1 amide bonds. The fourth-order valence-corrected chi connectivity index (χ4v) is 2.69. The van der Waals surface area contributed by atoms with Crippen molar-refractivity contribution in [1.29, 1.82) is 0 Å². The highest BCUT2D eigenvalue weighted by Crippen LogP contribution is 2.23. The molecule has 0 saturated heterocycles. The van der Waals surface area contributed by atoms with Crippen molar-refractivity contribution < 1.29 is 13.2 Å². The highest BCUT2D eigenvalue weighted by Gasteiger charge is 2.30. The van der Waals surface area contributed by atoms with E-state index in [4.69, 9.17) is 0 Å². The van der Waals surface area contributed by atoms with Crippen molar-refractivity contribution in [2.75, 3.05) is 18.6 Å². The SMILES string of the molecule is CN(C(C(=O)Nc1ccccc1)c1ccccc1)S(C)(=O)=O. The van der Waals surface area contributed by atoms with Crippen LogP contribution in [0.15, 0.2) is 60.7 Å². The minimum atomic E-state index is -3.51. The average molecular weight is 318 g/mol. The van der Waals surface area contributed by atoms with Gasteiger partial charge in [-0.1, -0.05) is 48.5 Å². The second kappa shape index (κ2) is 6.72. The highest BCUT2D eigenvalue weighted by molar-refractivity contribution is 7.88. The van der Waals surface area contributed by atoms with Gasteiger partial charge in [0.25, 0.3) is 0 Å². The molecule has 1 N–H and O–H groups in total. The van der Waals surface area contributed by atoms with Crippen LogP contribution in [0.5, 0.6) is 0 Å². The molecule has 0 aromatic heterocycles. The van der Waals surface area contributed by atoms with Gasteiger partial charge in [-0.2, -0.15) is 4.31 Å². The van der Waals surface area contributed by atoms with Crippen LogP contribution in [-0.2, 0) is 14.8 Å². The Morgan fingerprint density at radius 2 is 1.50 bits per heavy atom. The summed E-state index contributed by atoms with van der Waals surface area (Å²) in [6.45, 7) is 0. The number of hydrogen-bond acceptors (Lipinski definition) is 3. The Labute approximate surface area is 130 Å². The first-order chi connectivity index (χ1) is 10.4. The molecule has 0 radical (unpaired) electrons. The molecule has 6 heteroatoms. The molecule has 0 spiro atoms. The van der Waals surface area contributed by atoms with Crippen LogP contribution in [-0.4, -0.2) is 31.9 Å². The number of likely N-dealkylation sites (N-methyl/N-ethyl adjacent to an activating group) is 1. The van der Waals surface area contributed by atoms with Gasteiger partial charge in [0.1, 0.15) is 6.04 Å². The molecular weight excluding hydrogens is 300 g/mol. The lowest BCUT2D eigenvalue weighted by molar-refractivity contribution is -0.119. The molecule has 5 nitrogen and oxygen atoms in total. The summed E-state index contributed by atoms with van der Waals surface area (Å²) in [5.74, 6) is -0.398. The molecule has 0 fully saturated rings. The fourth-order valence-electron chi connectivity index (χ4n) is 2.09. The van der Waals surface area contributed by atoms with Gasteiger partial charge < -0.3 is 5.32 Å². The van der Waals surface area contributed by atoms with Crippen LogP contribution in [0.1, 0.15) is 11.6 Å². The van der Waals surface area contributed by atoms with Crippen LogP contribution in [0, 0.1) is 0 Å². The number of benzene rings is 2. The molecule has 2 aromatic carbocycles. The summed E-state index contributed by atoms with van der Waals surface area (Å²) in [5, 5.41) is 2.75. The number of sulfonamides is 1. The van der Waals surface area contributed by atoms with Crippen molar-refractivity contribution in [3.63, 3.8) is 0 Å². The predicted molar refractivity (Wildman–Crippen MR) is 86.9 cm³/mol. The normalized spacial score (nSPS) is 12.9. The first-order valence-corrected chi connectivity index (χ1v) is 8.58. The summed E-state index contributed by atoms with van der Waals surface area (Å²) >= 11 is 0. The van der Waals surface area contributed by atoms with E-state index in [0.717, 1.165) is 10.6 Å². The van der Waals surface area contributed by atoms with E-state index in [0.29, 0.717) is 11.3 Å². The highest BCUT2D eigenvalue weighted by atomic mass is 32.2. The maximum atomic E-state index is 12.6. The van der Waals surface area contributed by atoms with Gasteiger partial charge in [0.15, 0.2) is 0 Å². The molecule has 0 heterocycles. The summed E-state index contributed by atoms with van der Waals surface area (Å²) < 4.78 is 24.8. The third-order valence-corrected chi connectivity index (χ3v) is 4.55. The van der Waals surface area contributed by atoms with E-state index in [-0.39, 0.29) is 0 Å². The Kier molecular flexibility index (Phi) is 4.95. The number of nitrogens with one attached hydrogen (secondary N) is 1. The van der Waals surface area contributed by atoms with Crippen molar-refractivity contribution in [2.45, 2.75) is 6.04 Å². The topological polar surface area (TPSA) is 66.5 Å². The van der Waals surface area contributed by atoms with Gasteiger partial charge in [-0.15, -0.1) is 0 Å². The average Bonchev–Trinajstić information content (AvgIpc) is 2.48. The molecule has 0 saturated carbocycles. The number of carbonyl (C=O) groups excluding carboxylic acids is 1. The summed E-state index contributed by atoms with van der Waals surface area (Å²) in [7, 11) is -2.11. The molecule has 2 rings (SSSR count). The van der Waals surface area contributed by atoms with E-state index in [1.165, 1.54) is 7.05 Å². The number of carbonyl (C=O) groups is 1. The molecule has 1 unspecified atom stereocenters. The standard InChI is InChI=1S/C16H18N2O3S/c1-18(22(2,20)21)15(13-9-5-3-6-10-13)16(19)17-14-11-7-4-8-12-14/h3-12,15H,1-2H3,(H,17,19). The van der Waals surface area contributed by atoms with Gasteiger partial charge in [0, 0.05) is 12.7 Å². The van der Waals surface area contributed by atoms with Crippen molar-refractivity contribution >= 4 is 21.6 Å². The zero-order chi connectivity index (χ0) is 16.2. The van der Waals surface area contributed by atoms with E-state index < -0.39 is 22.0 Å². The van der Waals surface area contributed by atoms with Crippen LogP contribution in [0.25, 0.3) is 0 Å². The van der Waals surface area contributed by atoms with E-state index >= 15 is 0 Å². The van der Waals surface area contributed by atoms with E-state index in [1.807, 2.05) is 12.1 Å². The predicted octanol–water partition coefficient (Wildman–Crippen LogP) is 2.26. The van der Waals surface area contributed by atoms with Crippen LogP contribution in [0.4, 0.5) is 5.69 Å². The zero-order valence-corrected chi connectivity index (χ0v) is 13.2. The Morgan fingerprint density at radius 1 is 1.00 bits per heavy atom. The van der Waals surface area contributed by atoms with Crippen LogP contribution >= 0.6 is 0 Å². The first kappa shape index (κ1) is 16.2. The van der Waals surface area contributed by atoms with Crippen LogP contribution < -0.4 is 5.32 Å². The molecule has 1 atom stereocenters. The van der Waals surface area contributed by atoms with Gasteiger partial charge in [0.05, 0.1) is 6.26 Å². The van der Waals surface area contributed by atoms with Crippen molar-refractivity contribution in [3.8, 4) is 0 Å². The number of amides is 1. The van der Waals surface area contributed by atoms with Crippen LogP contribution in [0.3, 0.4) is 0 Å². The van der Waals surface area contributed by atoms with Gasteiger partial charge in [-0.25, -0.2) is 8.42 Å². The number of para-hydroxylation sites is 1. The molecule has 0 bridgehead atoms. The van der Waals surface area contributed by atoms with E-state index in [1.54, 1.807) is 48.5 Å². The maximum Gasteiger partial charge on any atom is 0.247 e. The van der Waals surface area contributed by atoms with Gasteiger partial charge in [-0.3, -0.25) is 4.79 Å². The number of hydrogen-bond donors (Lipinski definition) is 1. The lowest BCUT2D eigenvalue weighted by atomic mass is 10.1. The van der Waals surface area contributed by atoms with Gasteiger partial charge in [-0.05, 0) is 17.7 Å². The largest absolute Gasteiger partial charge is 0.324 e. The molecule has 0 aliphatic rings. The number of nitrogens with zero attached hydrogens (tertiary/aromatic N) is 1. The number of anilines is 1. The van der Waals surface area contributed by atoms with Gasteiger partial charge in [0.2, 0.25) is 15.9 Å². The fraction of sp³-hybridized carbons (Fsp3) is 0.188. The molecule has 0 aliphatic carbocycles. The molecule has 0 aliphatic heterocycles. The lowest BCUT2D eigenvalue weighted by Crippen LogP contribution is -2.38. The molecule has 22 heavy (non-hydrogen) atoms. The van der Waals surface area contributed by atoms with E-state index in [2.05, 4.69) is 5.32 Å². The minimum absolute atomic E-state index is 0.398. The summed E-state index contributed by atoms with van der Waals surface area (Å²) in [6, 6.07) is 16.8. The maximum absolute atomic E-state index is 12.6. The van der Waals surface area contributed by atoms with Crippen LogP contribution in [0.2, 0.25) is 0 Å². The third kappa shape index (κ3) is 3.93. The summed E-state index contributed by atoms with van der Waals surface area (Å²) in [6.07, 6.45) is 1.08. The van der Waals surface area contributed by atoms with E-state index in [9.17, 15) is 13.2 Å². The summed E-state index contributed by atoms with van der Waals surface area (Å²) in [4.78, 5) is 12.6. The zero-order valence-electron chi connectivity index (χ0n) is 12.4. The Balaban J connectivity index is 2.34. The quantitative estimate of drug-likeness (QED) is 0.919. The minimum Gasteiger partial charge on any atom is -0.324 e. The number of rotatable bonds is 5. The first-order valence-electron chi connectivity index (χ1n) is 6.73. The summed E-state index contributed by atoms with van der Waals surface area (Å²) in [5.41, 5.74) is 1.24. The Morgan fingerprint density at radius 3 is 2.00 bits per heavy atom. The van der Waals surface area contributed by atoms with Crippen molar-refractivity contribution in [3.05, 3.63) is 66.2 Å². The second-order valence-corrected chi connectivity index (χ2v) is 6.99.